The van der Waals surface area contributed by atoms with Crippen molar-refractivity contribution < 1.29 is 19.4 Å². The first-order chi connectivity index (χ1) is 8.99. The van der Waals surface area contributed by atoms with Gasteiger partial charge in [0.25, 0.3) is 0 Å². The number of hydrogen-bond acceptors (Lipinski definition) is 3. The SMILES string of the molecule is CCC(CC)C(=O)c1ccc(OCC(=O)O)cc1Cl. The Bertz CT molecular complexity index is 467. The summed E-state index contributed by atoms with van der Waals surface area (Å²) >= 11 is 6.05. The van der Waals surface area contributed by atoms with Crippen LogP contribution in [0.15, 0.2) is 18.2 Å². The predicted octanol–water partition coefficient (Wildman–Crippen LogP) is 3.42. The van der Waals surface area contributed by atoms with Crippen molar-refractivity contribution >= 4 is 23.4 Å². The van der Waals surface area contributed by atoms with E-state index in [0.717, 1.165) is 12.8 Å². The van der Waals surface area contributed by atoms with Crippen LogP contribution in [0.5, 0.6) is 5.75 Å². The van der Waals surface area contributed by atoms with Crippen molar-refractivity contribution in [2.75, 3.05) is 6.61 Å². The first-order valence-corrected chi connectivity index (χ1v) is 6.55. The van der Waals surface area contributed by atoms with Crippen molar-refractivity contribution in [1.82, 2.24) is 0 Å². The molecule has 0 bridgehead atoms. The fourth-order valence-electron chi connectivity index (χ4n) is 1.81. The van der Waals surface area contributed by atoms with Gasteiger partial charge < -0.3 is 9.84 Å². The molecule has 1 aromatic carbocycles. The molecule has 0 unspecified atom stereocenters. The summed E-state index contributed by atoms with van der Waals surface area (Å²) in [5, 5.41) is 8.80. The number of carboxylic acids is 1. The Morgan fingerprint density at radius 1 is 1.32 bits per heavy atom. The van der Waals surface area contributed by atoms with Crippen LogP contribution in [0.3, 0.4) is 0 Å². The van der Waals surface area contributed by atoms with E-state index >= 15 is 0 Å². The summed E-state index contributed by atoms with van der Waals surface area (Å²) in [5.74, 6) is -0.745. The van der Waals surface area contributed by atoms with Crippen LogP contribution in [0.25, 0.3) is 0 Å². The van der Waals surface area contributed by atoms with Gasteiger partial charge in [-0.25, -0.2) is 4.79 Å². The summed E-state index contributed by atoms with van der Waals surface area (Å²) in [6.45, 7) is 3.49. The van der Waals surface area contributed by atoms with Gasteiger partial charge in [0.1, 0.15) is 5.75 Å². The Kier molecular flexibility index (Phi) is 5.83. The molecule has 0 aliphatic rings. The number of Topliss-reactive ketones (excluding diaryl/α,β-unsaturated/α-hetero) is 1. The molecular weight excluding hydrogens is 268 g/mol. The van der Waals surface area contributed by atoms with Gasteiger partial charge in [-0.15, -0.1) is 0 Å². The molecule has 1 rings (SSSR count). The fraction of sp³-hybridized carbons (Fsp3) is 0.429. The van der Waals surface area contributed by atoms with Gasteiger partial charge in [0.05, 0.1) is 5.02 Å². The van der Waals surface area contributed by atoms with Gasteiger partial charge in [-0.3, -0.25) is 4.79 Å². The Morgan fingerprint density at radius 3 is 2.42 bits per heavy atom. The van der Waals surface area contributed by atoms with Gasteiger partial charge in [0, 0.05) is 11.5 Å². The van der Waals surface area contributed by atoms with Crippen molar-refractivity contribution in [2.45, 2.75) is 26.7 Å². The van der Waals surface area contributed by atoms with E-state index in [0.29, 0.717) is 16.3 Å². The number of carboxylic acid groups (broad SMARTS) is 1. The number of carbonyl (C=O) groups excluding carboxylic acids is 1. The van der Waals surface area contributed by atoms with Crippen LogP contribution in [0.4, 0.5) is 0 Å². The van der Waals surface area contributed by atoms with Crippen molar-refractivity contribution in [3.8, 4) is 5.75 Å². The minimum atomic E-state index is -1.06. The second-order valence-corrected chi connectivity index (χ2v) is 4.61. The van der Waals surface area contributed by atoms with Gasteiger partial charge in [0.2, 0.25) is 0 Å². The van der Waals surface area contributed by atoms with Crippen LogP contribution in [-0.2, 0) is 4.79 Å². The molecule has 4 nitrogen and oxygen atoms in total. The third-order valence-corrected chi connectivity index (χ3v) is 3.24. The molecule has 19 heavy (non-hydrogen) atoms. The number of ether oxygens (including phenoxy) is 1. The average Bonchev–Trinajstić information content (AvgIpc) is 2.37. The quantitative estimate of drug-likeness (QED) is 0.779. The molecule has 0 atom stereocenters. The molecule has 0 aliphatic heterocycles. The number of ketones is 1. The number of aliphatic carboxylic acids is 1. The third kappa shape index (κ3) is 4.24. The number of hydrogen-bond donors (Lipinski definition) is 1. The first-order valence-electron chi connectivity index (χ1n) is 6.17. The highest BCUT2D eigenvalue weighted by Gasteiger charge is 2.19. The summed E-state index contributed by atoms with van der Waals surface area (Å²) in [5.41, 5.74) is 0.457. The second kappa shape index (κ2) is 7.14. The summed E-state index contributed by atoms with van der Waals surface area (Å²) in [4.78, 5) is 22.6. The van der Waals surface area contributed by atoms with Gasteiger partial charge in [-0.05, 0) is 31.0 Å². The highest BCUT2D eigenvalue weighted by Crippen LogP contribution is 2.26. The maximum atomic E-state index is 12.2. The van der Waals surface area contributed by atoms with Crippen LogP contribution in [0.1, 0.15) is 37.0 Å². The van der Waals surface area contributed by atoms with E-state index in [9.17, 15) is 9.59 Å². The molecule has 5 heteroatoms. The van der Waals surface area contributed by atoms with Crippen LogP contribution in [-0.4, -0.2) is 23.5 Å². The largest absolute Gasteiger partial charge is 0.482 e. The van der Waals surface area contributed by atoms with Gasteiger partial charge >= 0.3 is 5.97 Å². The molecular formula is C14H17ClO4. The molecule has 0 aliphatic carbocycles. The van der Waals surface area contributed by atoms with E-state index in [2.05, 4.69) is 0 Å². The Labute approximate surface area is 117 Å². The fourth-order valence-corrected chi connectivity index (χ4v) is 2.07. The lowest BCUT2D eigenvalue weighted by Crippen LogP contribution is -2.14. The molecule has 0 amide bonds. The molecule has 0 aromatic heterocycles. The molecule has 0 heterocycles. The van der Waals surface area contributed by atoms with Crippen molar-refractivity contribution in [1.29, 1.82) is 0 Å². The second-order valence-electron chi connectivity index (χ2n) is 4.20. The number of benzene rings is 1. The minimum Gasteiger partial charge on any atom is -0.482 e. The molecule has 0 saturated heterocycles. The van der Waals surface area contributed by atoms with Crippen molar-refractivity contribution in [3.05, 3.63) is 28.8 Å². The van der Waals surface area contributed by atoms with Crippen LogP contribution < -0.4 is 4.74 Å². The van der Waals surface area contributed by atoms with Crippen LogP contribution in [0, 0.1) is 5.92 Å². The summed E-state index contributed by atoms with van der Waals surface area (Å²) in [6.07, 6.45) is 1.53. The van der Waals surface area contributed by atoms with Crippen LogP contribution >= 0.6 is 11.6 Å². The lowest BCUT2D eigenvalue weighted by molar-refractivity contribution is -0.139. The monoisotopic (exact) mass is 284 g/mol. The Hall–Kier alpha value is -1.55. The Balaban J connectivity index is 2.87. The van der Waals surface area contributed by atoms with E-state index in [1.54, 1.807) is 12.1 Å². The standard InChI is InChI=1S/C14H17ClO4/c1-3-9(4-2)14(18)11-6-5-10(7-12(11)15)19-8-13(16)17/h5-7,9H,3-4,8H2,1-2H3,(H,16,17). The highest BCUT2D eigenvalue weighted by molar-refractivity contribution is 6.34. The lowest BCUT2D eigenvalue weighted by atomic mass is 9.93. The zero-order valence-electron chi connectivity index (χ0n) is 11.0. The molecule has 0 saturated carbocycles. The average molecular weight is 285 g/mol. The third-order valence-electron chi connectivity index (χ3n) is 2.92. The molecule has 1 N–H and O–H groups in total. The summed E-state index contributed by atoms with van der Waals surface area (Å²) < 4.78 is 5.00. The lowest BCUT2D eigenvalue weighted by Gasteiger charge is -2.13. The molecule has 0 spiro atoms. The number of rotatable bonds is 7. The van der Waals surface area contributed by atoms with E-state index in [1.165, 1.54) is 6.07 Å². The van der Waals surface area contributed by atoms with Gasteiger partial charge in [0.15, 0.2) is 12.4 Å². The minimum absolute atomic E-state index is 0.0137. The van der Waals surface area contributed by atoms with Crippen molar-refractivity contribution in [3.63, 3.8) is 0 Å². The molecule has 1 aromatic rings. The molecule has 104 valence electrons. The molecule has 0 radical (unpaired) electrons. The van der Waals surface area contributed by atoms with Gasteiger partial charge in [-0.2, -0.15) is 0 Å². The Morgan fingerprint density at radius 2 is 1.95 bits per heavy atom. The van der Waals surface area contributed by atoms with Crippen LogP contribution in [0.2, 0.25) is 5.02 Å². The van der Waals surface area contributed by atoms with E-state index in [4.69, 9.17) is 21.4 Å². The summed E-state index contributed by atoms with van der Waals surface area (Å²) in [7, 11) is 0. The predicted molar refractivity (Wildman–Crippen MR) is 73.0 cm³/mol. The zero-order valence-corrected chi connectivity index (χ0v) is 11.7. The maximum Gasteiger partial charge on any atom is 0.341 e. The maximum absolute atomic E-state index is 12.2. The normalized spacial score (nSPS) is 10.5. The summed E-state index contributed by atoms with van der Waals surface area (Å²) in [6, 6.07) is 4.62. The van der Waals surface area contributed by atoms with Crippen molar-refractivity contribution in [2.24, 2.45) is 5.92 Å². The number of carbonyl (C=O) groups is 2. The smallest absolute Gasteiger partial charge is 0.341 e. The first kappa shape index (κ1) is 15.5. The number of halogens is 1. The van der Waals surface area contributed by atoms with E-state index in [1.807, 2.05) is 13.8 Å². The zero-order chi connectivity index (χ0) is 14.4. The molecule has 0 fully saturated rings. The van der Waals surface area contributed by atoms with E-state index in [-0.39, 0.29) is 11.7 Å². The van der Waals surface area contributed by atoms with E-state index < -0.39 is 12.6 Å². The topological polar surface area (TPSA) is 63.6 Å². The highest BCUT2D eigenvalue weighted by atomic mass is 35.5. The van der Waals surface area contributed by atoms with Gasteiger partial charge in [-0.1, -0.05) is 25.4 Å².